The quantitative estimate of drug-likeness (QED) is 0.786. The molecule has 1 aliphatic rings. The summed E-state index contributed by atoms with van der Waals surface area (Å²) in [6.45, 7) is 12.5. The molecule has 0 aromatic heterocycles. The van der Waals surface area contributed by atoms with Gasteiger partial charge >= 0.3 is 6.09 Å². The van der Waals surface area contributed by atoms with Gasteiger partial charge in [0.1, 0.15) is 5.60 Å². The molecule has 0 aliphatic carbocycles. The Morgan fingerprint density at radius 3 is 2.39 bits per heavy atom. The van der Waals surface area contributed by atoms with Crippen molar-refractivity contribution in [2.24, 2.45) is 5.92 Å². The standard InChI is InChI=1S/C17H32N2O4/c1-12(2)17(6,11-18-15(21)23-16(3,4)5)19-14(20)10-13-8-7-9-22-13/h12-13H,7-11H2,1-6H3,(H,18,21)(H,19,20)/t13-,17-/m1/s1. The first kappa shape index (κ1) is 19.7. The van der Waals surface area contributed by atoms with Gasteiger partial charge in [-0.2, -0.15) is 0 Å². The van der Waals surface area contributed by atoms with Crippen LogP contribution in [0.5, 0.6) is 0 Å². The molecule has 1 heterocycles. The Hall–Kier alpha value is -1.30. The Labute approximate surface area is 139 Å². The third-order valence-corrected chi connectivity index (χ3v) is 4.14. The van der Waals surface area contributed by atoms with Crippen molar-refractivity contribution in [2.45, 2.75) is 78.0 Å². The minimum absolute atomic E-state index is 0.0187. The molecule has 134 valence electrons. The van der Waals surface area contributed by atoms with E-state index in [1.54, 1.807) is 0 Å². The van der Waals surface area contributed by atoms with Gasteiger partial charge in [0.2, 0.25) is 5.91 Å². The molecule has 6 nitrogen and oxygen atoms in total. The first-order valence-corrected chi connectivity index (χ1v) is 8.41. The Morgan fingerprint density at radius 1 is 1.26 bits per heavy atom. The van der Waals surface area contributed by atoms with Gasteiger partial charge in [-0.3, -0.25) is 4.79 Å². The summed E-state index contributed by atoms with van der Waals surface area (Å²) in [4.78, 5) is 24.1. The lowest BCUT2D eigenvalue weighted by Crippen LogP contribution is -2.57. The summed E-state index contributed by atoms with van der Waals surface area (Å²) < 4.78 is 10.7. The van der Waals surface area contributed by atoms with Gasteiger partial charge in [-0.25, -0.2) is 4.79 Å². The average molecular weight is 328 g/mol. The van der Waals surface area contributed by atoms with Gasteiger partial charge in [-0.1, -0.05) is 13.8 Å². The Kier molecular flexibility index (Phi) is 6.86. The molecule has 0 bridgehead atoms. The second-order valence-corrected chi connectivity index (χ2v) is 7.81. The molecule has 0 aromatic rings. The van der Waals surface area contributed by atoms with Crippen molar-refractivity contribution >= 4 is 12.0 Å². The third-order valence-electron chi connectivity index (χ3n) is 4.14. The molecular formula is C17H32N2O4. The number of amides is 2. The molecule has 0 aromatic carbocycles. The number of rotatable bonds is 6. The van der Waals surface area contributed by atoms with E-state index in [0.717, 1.165) is 19.4 Å². The zero-order chi connectivity index (χ0) is 17.7. The van der Waals surface area contributed by atoms with E-state index in [9.17, 15) is 9.59 Å². The van der Waals surface area contributed by atoms with E-state index in [1.165, 1.54) is 0 Å². The van der Waals surface area contributed by atoms with Crippen LogP contribution in [0.2, 0.25) is 0 Å². The number of ether oxygens (including phenoxy) is 2. The molecule has 6 heteroatoms. The lowest BCUT2D eigenvalue weighted by atomic mass is 9.88. The molecule has 1 saturated heterocycles. The molecule has 2 amide bonds. The highest BCUT2D eigenvalue weighted by Gasteiger charge is 2.32. The first-order valence-electron chi connectivity index (χ1n) is 8.41. The molecular weight excluding hydrogens is 296 g/mol. The summed E-state index contributed by atoms with van der Waals surface area (Å²) >= 11 is 0. The average Bonchev–Trinajstić information content (AvgIpc) is 2.86. The van der Waals surface area contributed by atoms with Crippen LogP contribution in [-0.4, -0.2) is 42.4 Å². The largest absolute Gasteiger partial charge is 0.444 e. The van der Waals surface area contributed by atoms with Crippen LogP contribution in [0.4, 0.5) is 4.79 Å². The topological polar surface area (TPSA) is 76.7 Å². The molecule has 1 aliphatic heterocycles. The van der Waals surface area contributed by atoms with E-state index < -0.39 is 17.2 Å². The van der Waals surface area contributed by atoms with Crippen molar-refractivity contribution in [1.29, 1.82) is 0 Å². The predicted octanol–water partition coefficient (Wildman–Crippen LogP) is 2.61. The molecule has 23 heavy (non-hydrogen) atoms. The van der Waals surface area contributed by atoms with E-state index in [0.29, 0.717) is 13.0 Å². The molecule has 1 rings (SSSR count). The first-order chi connectivity index (χ1) is 10.5. The molecule has 0 saturated carbocycles. The van der Waals surface area contributed by atoms with Gasteiger partial charge in [0.15, 0.2) is 0 Å². The van der Waals surface area contributed by atoms with Crippen LogP contribution in [0.15, 0.2) is 0 Å². The predicted molar refractivity (Wildman–Crippen MR) is 89.2 cm³/mol. The maximum Gasteiger partial charge on any atom is 0.407 e. The Balaban J connectivity index is 2.53. The highest BCUT2D eigenvalue weighted by Crippen LogP contribution is 2.19. The minimum atomic E-state index is -0.540. The summed E-state index contributed by atoms with van der Waals surface area (Å²) in [5.74, 6) is 0.116. The summed E-state index contributed by atoms with van der Waals surface area (Å²) in [5, 5.41) is 5.80. The second-order valence-electron chi connectivity index (χ2n) is 7.81. The minimum Gasteiger partial charge on any atom is -0.444 e. The van der Waals surface area contributed by atoms with Crippen LogP contribution in [0.3, 0.4) is 0 Å². The summed E-state index contributed by atoms with van der Waals surface area (Å²) in [6.07, 6.45) is 1.86. The highest BCUT2D eigenvalue weighted by atomic mass is 16.6. The number of alkyl carbamates (subject to hydrolysis) is 1. The van der Waals surface area contributed by atoms with Gasteiger partial charge in [0.25, 0.3) is 0 Å². The van der Waals surface area contributed by atoms with Crippen LogP contribution < -0.4 is 10.6 Å². The Bertz CT molecular complexity index is 411. The number of carbonyl (C=O) groups is 2. The van der Waals surface area contributed by atoms with Gasteiger partial charge < -0.3 is 20.1 Å². The number of carbonyl (C=O) groups excluding carboxylic acids is 2. The molecule has 2 atom stereocenters. The zero-order valence-electron chi connectivity index (χ0n) is 15.3. The molecule has 0 unspecified atom stereocenters. The van der Waals surface area contributed by atoms with E-state index >= 15 is 0 Å². The fraction of sp³-hybridized carbons (Fsp3) is 0.882. The smallest absolute Gasteiger partial charge is 0.407 e. The monoisotopic (exact) mass is 328 g/mol. The molecule has 2 N–H and O–H groups in total. The van der Waals surface area contributed by atoms with E-state index in [2.05, 4.69) is 10.6 Å². The van der Waals surface area contributed by atoms with Crippen molar-refractivity contribution in [2.75, 3.05) is 13.2 Å². The molecule has 1 fully saturated rings. The van der Waals surface area contributed by atoms with E-state index in [1.807, 2.05) is 41.5 Å². The highest BCUT2D eigenvalue weighted by molar-refractivity contribution is 5.77. The fourth-order valence-electron chi connectivity index (χ4n) is 2.34. The van der Waals surface area contributed by atoms with Crippen molar-refractivity contribution in [3.05, 3.63) is 0 Å². The molecule has 0 radical (unpaired) electrons. The van der Waals surface area contributed by atoms with Gasteiger partial charge in [-0.05, 0) is 46.5 Å². The summed E-state index contributed by atoms with van der Waals surface area (Å²) in [7, 11) is 0. The van der Waals surface area contributed by atoms with E-state index in [-0.39, 0.29) is 17.9 Å². The number of hydrogen-bond acceptors (Lipinski definition) is 4. The number of nitrogens with one attached hydrogen (secondary N) is 2. The zero-order valence-corrected chi connectivity index (χ0v) is 15.3. The van der Waals surface area contributed by atoms with Crippen molar-refractivity contribution in [3.63, 3.8) is 0 Å². The van der Waals surface area contributed by atoms with Gasteiger partial charge in [0, 0.05) is 13.2 Å². The Morgan fingerprint density at radius 2 is 1.91 bits per heavy atom. The van der Waals surface area contributed by atoms with Crippen molar-refractivity contribution < 1.29 is 19.1 Å². The maximum absolute atomic E-state index is 12.3. The van der Waals surface area contributed by atoms with Crippen LogP contribution in [0.1, 0.15) is 60.8 Å². The lowest BCUT2D eigenvalue weighted by molar-refractivity contribution is -0.125. The second kappa shape index (κ2) is 7.99. The van der Waals surface area contributed by atoms with E-state index in [4.69, 9.17) is 9.47 Å². The number of hydrogen-bond donors (Lipinski definition) is 2. The van der Waals surface area contributed by atoms with Gasteiger partial charge in [-0.15, -0.1) is 0 Å². The van der Waals surface area contributed by atoms with Crippen LogP contribution in [0, 0.1) is 5.92 Å². The normalized spacial score (nSPS) is 20.9. The van der Waals surface area contributed by atoms with Crippen LogP contribution >= 0.6 is 0 Å². The van der Waals surface area contributed by atoms with Crippen LogP contribution in [0.25, 0.3) is 0 Å². The summed E-state index contributed by atoms with van der Waals surface area (Å²) in [6, 6.07) is 0. The van der Waals surface area contributed by atoms with Gasteiger partial charge in [0.05, 0.1) is 18.1 Å². The third kappa shape index (κ3) is 7.20. The SMILES string of the molecule is CC(C)[C@@](C)(CNC(=O)OC(C)(C)C)NC(=O)C[C@H]1CCCO1. The summed E-state index contributed by atoms with van der Waals surface area (Å²) in [5.41, 5.74) is -1.08. The van der Waals surface area contributed by atoms with Crippen molar-refractivity contribution in [1.82, 2.24) is 10.6 Å². The maximum atomic E-state index is 12.3. The fourth-order valence-corrected chi connectivity index (χ4v) is 2.34. The van der Waals surface area contributed by atoms with Crippen molar-refractivity contribution in [3.8, 4) is 0 Å². The lowest BCUT2D eigenvalue weighted by Gasteiger charge is -2.35. The van der Waals surface area contributed by atoms with Crippen LogP contribution in [-0.2, 0) is 14.3 Å². The molecule has 0 spiro atoms.